The molecule has 1 N–H and O–H groups in total. The number of carbonyl (C=O) groups excluding carboxylic acids is 1. The maximum Gasteiger partial charge on any atom is 0.227 e. The van der Waals surface area contributed by atoms with E-state index in [-0.39, 0.29) is 10.8 Å². The van der Waals surface area contributed by atoms with Gasteiger partial charge < -0.3 is 19.5 Å². The second-order valence-electron chi connectivity index (χ2n) is 10.9. The van der Waals surface area contributed by atoms with Gasteiger partial charge in [-0.25, -0.2) is 4.98 Å². The third-order valence-corrected chi connectivity index (χ3v) is 9.03. The summed E-state index contributed by atoms with van der Waals surface area (Å²) in [7, 11) is 0. The second-order valence-corrected chi connectivity index (χ2v) is 10.9. The highest BCUT2D eigenvalue weighted by atomic mass is 16.5. The molecule has 2 aliphatic carbocycles. The number of fused-ring (bicyclic) bond motifs is 1. The summed E-state index contributed by atoms with van der Waals surface area (Å²) in [5.41, 5.74) is 0.00934. The summed E-state index contributed by atoms with van der Waals surface area (Å²) in [5, 5.41) is 3.48. The van der Waals surface area contributed by atoms with E-state index >= 15 is 0 Å². The van der Waals surface area contributed by atoms with Gasteiger partial charge in [0, 0.05) is 56.6 Å². The number of amides is 1. The minimum atomic E-state index is -0.210. The molecule has 178 valence electrons. The van der Waals surface area contributed by atoms with Crippen molar-refractivity contribution in [2.45, 2.75) is 65.0 Å². The Balaban J connectivity index is 1.26. The van der Waals surface area contributed by atoms with Crippen LogP contribution in [0, 0.1) is 23.7 Å². The Morgan fingerprint density at radius 2 is 2.03 bits per heavy atom. The average Bonchev–Trinajstić information content (AvgIpc) is 3.49. The van der Waals surface area contributed by atoms with Crippen LogP contribution in [0.1, 0.15) is 51.3 Å². The summed E-state index contributed by atoms with van der Waals surface area (Å²) in [6, 6.07) is 0.622. The largest absolute Gasteiger partial charge is 0.379 e. The number of morpholine rings is 1. The number of hydrogen-bond acceptors (Lipinski definition) is 5. The molecule has 4 aliphatic rings. The molecule has 7 nitrogen and oxygen atoms in total. The van der Waals surface area contributed by atoms with E-state index in [4.69, 9.17) is 4.74 Å². The molecule has 0 bridgehead atoms. The number of piperidine rings is 1. The fourth-order valence-corrected chi connectivity index (χ4v) is 6.58. The molecule has 2 saturated carbocycles. The molecular formula is C25H41N5O2. The molecule has 7 heteroatoms. The fourth-order valence-electron chi connectivity index (χ4n) is 6.58. The minimum Gasteiger partial charge on any atom is -0.379 e. The molecule has 3 atom stereocenters. The highest BCUT2D eigenvalue weighted by molar-refractivity contribution is 5.83. The Hall–Kier alpha value is -1.44. The summed E-state index contributed by atoms with van der Waals surface area (Å²) in [6.07, 6.45) is 10.8. The van der Waals surface area contributed by atoms with E-state index in [0.717, 1.165) is 84.1 Å². The summed E-state index contributed by atoms with van der Waals surface area (Å²) >= 11 is 0. The van der Waals surface area contributed by atoms with Crippen molar-refractivity contribution in [1.82, 2.24) is 24.7 Å². The van der Waals surface area contributed by atoms with E-state index in [1.54, 1.807) is 0 Å². The van der Waals surface area contributed by atoms with Gasteiger partial charge in [-0.15, -0.1) is 0 Å². The van der Waals surface area contributed by atoms with Gasteiger partial charge >= 0.3 is 0 Å². The predicted octanol–water partition coefficient (Wildman–Crippen LogP) is 2.30. The van der Waals surface area contributed by atoms with Crippen LogP contribution in [0.15, 0.2) is 12.4 Å². The van der Waals surface area contributed by atoms with Crippen molar-refractivity contribution in [3.63, 3.8) is 0 Å². The van der Waals surface area contributed by atoms with Crippen LogP contribution >= 0.6 is 0 Å². The number of nitrogens with zero attached hydrogens (tertiary/aromatic N) is 4. The molecule has 2 saturated heterocycles. The predicted molar refractivity (Wildman–Crippen MR) is 124 cm³/mol. The molecule has 4 fully saturated rings. The lowest BCUT2D eigenvalue weighted by Gasteiger charge is -2.53. The standard InChI is InChI=1S/C25H41N5O2/c1-3-28-10-5-21-16-22(29-12-14-32-15-13-29)4-6-25(21,19-28)23(31)27-17-24(7-8-24)18-30-11-9-26-20(30)2/h9,11,21-22H,3-8,10,12-19H2,1-2H3,(H,27,31)/t21-,22+,25-/m1/s1. The SMILES string of the molecule is CCN1CC[C@@H]2C[C@@H](N3CCOCC3)CC[C@@]2(C(=O)NCC2(Cn3ccnc3C)CC2)C1. The van der Waals surface area contributed by atoms with E-state index in [2.05, 4.69) is 44.7 Å². The number of imidazole rings is 1. The van der Waals surface area contributed by atoms with E-state index < -0.39 is 0 Å². The van der Waals surface area contributed by atoms with Crippen molar-refractivity contribution in [2.75, 3.05) is 52.5 Å². The molecule has 1 aromatic rings. The van der Waals surface area contributed by atoms with E-state index in [1.807, 2.05) is 6.20 Å². The Labute approximate surface area is 192 Å². The first kappa shape index (κ1) is 22.4. The number of carbonyl (C=O) groups is 1. The van der Waals surface area contributed by atoms with Crippen LogP contribution in [-0.2, 0) is 16.1 Å². The number of aryl methyl sites for hydroxylation is 1. The van der Waals surface area contributed by atoms with Crippen molar-refractivity contribution in [3.8, 4) is 0 Å². The third-order valence-electron chi connectivity index (χ3n) is 9.03. The number of ether oxygens (including phenoxy) is 1. The number of aromatic nitrogens is 2. The van der Waals surface area contributed by atoms with Crippen molar-refractivity contribution in [3.05, 3.63) is 18.2 Å². The monoisotopic (exact) mass is 443 g/mol. The molecule has 3 heterocycles. The molecule has 0 unspecified atom stereocenters. The summed E-state index contributed by atoms with van der Waals surface area (Å²) in [6.45, 7) is 13.0. The minimum absolute atomic E-state index is 0.210. The lowest BCUT2D eigenvalue weighted by molar-refractivity contribution is -0.145. The second kappa shape index (κ2) is 9.07. The lowest BCUT2D eigenvalue weighted by Crippen LogP contribution is -2.61. The maximum atomic E-state index is 13.9. The van der Waals surface area contributed by atoms with Crippen LogP contribution in [0.3, 0.4) is 0 Å². The number of hydrogen-bond donors (Lipinski definition) is 1. The Kier molecular flexibility index (Phi) is 6.34. The molecule has 0 spiro atoms. The van der Waals surface area contributed by atoms with Gasteiger partial charge in [-0.3, -0.25) is 9.69 Å². The zero-order chi connectivity index (χ0) is 22.2. The van der Waals surface area contributed by atoms with Crippen LogP contribution in [-0.4, -0.2) is 83.8 Å². The Bertz CT molecular complexity index is 800. The first-order chi connectivity index (χ1) is 15.5. The molecule has 1 aromatic heterocycles. The normalized spacial score (nSPS) is 32.9. The molecule has 2 aliphatic heterocycles. The van der Waals surface area contributed by atoms with Gasteiger partial charge in [0.2, 0.25) is 5.91 Å². The molecule has 0 aromatic carbocycles. The van der Waals surface area contributed by atoms with Crippen LogP contribution in [0.25, 0.3) is 0 Å². The van der Waals surface area contributed by atoms with Gasteiger partial charge in [0.05, 0.1) is 18.6 Å². The first-order valence-corrected chi connectivity index (χ1v) is 12.8. The molecule has 1 amide bonds. The van der Waals surface area contributed by atoms with Gasteiger partial charge in [-0.2, -0.15) is 0 Å². The van der Waals surface area contributed by atoms with Gasteiger partial charge in [0.15, 0.2) is 0 Å². The topological polar surface area (TPSA) is 62.6 Å². The van der Waals surface area contributed by atoms with Crippen molar-refractivity contribution < 1.29 is 9.53 Å². The number of likely N-dealkylation sites (tertiary alicyclic amines) is 1. The van der Waals surface area contributed by atoms with Gasteiger partial charge in [-0.05, 0) is 64.5 Å². The smallest absolute Gasteiger partial charge is 0.227 e. The van der Waals surface area contributed by atoms with Gasteiger partial charge in [0.25, 0.3) is 0 Å². The van der Waals surface area contributed by atoms with Crippen molar-refractivity contribution >= 4 is 5.91 Å². The number of nitrogens with one attached hydrogen (secondary N) is 1. The van der Waals surface area contributed by atoms with E-state index in [9.17, 15) is 4.79 Å². The Morgan fingerprint density at radius 3 is 2.72 bits per heavy atom. The van der Waals surface area contributed by atoms with Crippen LogP contribution in [0.2, 0.25) is 0 Å². The Morgan fingerprint density at radius 1 is 1.22 bits per heavy atom. The van der Waals surface area contributed by atoms with Crippen LogP contribution in [0.5, 0.6) is 0 Å². The van der Waals surface area contributed by atoms with E-state index in [1.165, 1.54) is 19.3 Å². The average molecular weight is 444 g/mol. The molecule has 5 rings (SSSR count). The van der Waals surface area contributed by atoms with E-state index in [0.29, 0.717) is 17.9 Å². The molecule has 32 heavy (non-hydrogen) atoms. The zero-order valence-electron chi connectivity index (χ0n) is 20.0. The van der Waals surface area contributed by atoms with Crippen molar-refractivity contribution in [1.29, 1.82) is 0 Å². The third kappa shape index (κ3) is 4.36. The lowest BCUT2D eigenvalue weighted by atomic mass is 9.61. The highest BCUT2D eigenvalue weighted by Crippen LogP contribution is 2.49. The zero-order valence-corrected chi connectivity index (χ0v) is 20.0. The van der Waals surface area contributed by atoms with Gasteiger partial charge in [0.1, 0.15) is 5.82 Å². The maximum absolute atomic E-state index is 13.9. The quantitative estimate of drug-likeness (QED) is 0.701. The van der Waals surface area contributed by atoms with Crippen LogP contribution < -0.4 is 5.32 Å². The first-order valence-electron chi connectivity index (χ1n) is 12.8. The summed E-state index contributed by atoms with van der Waals surface area (Å²) < 4.78 is 7.82. The summed E-state index contributed by atoms with van der Waals surface area (Å²) in [4.78, 5) is 23.4. The van der Waals surface area contributed by atoms with Gasteiger partial charge in [-0.1, -0.05) is 6.92 Å². The molecular weight excluding hydrogens is 402 g/mol. The number of rotatable bonds is 7. The highest BCUT2D eigenvalue weighted by Gasteiger charge is 2.53. The van der Waals surface area contributed by atoms with Crippen LogP contribution in [0.4, 0.5) is 0 Å². The molecule has 0 radical (unpaired) electrons. The fraction of sp³-hybridized carbons (Fsp3) is 0.840. The van der Waals surface area contributed by atoms with Crippen molar-refractivity contribution in [2.24, 2.45) is 16.7 Å². The summed E-state index contributed by atoms with van der Waals surface area (Å²) in [5.74, 6) is 1.89.